The van der Waals surface area contributed by atoms with Crippen molar-refractivity contribution >= 4 is 18.3 Å². The molecule has 0 bridgehead atoms. The van der Waals surface area contributed by atoms with Gasteiger partial charge in [0.05, 0.1) is 11.3 Å². The molecule has 2 unspecified atom stereocenters. The number of aryl methyl sites for hydroxylation is 2. The molecule has 0 aromatic carbocycles. The highest BCUT2D eigenvalue weighted by atomic mass is 35.5. The van der Waals surface area contributed by atoms with Crippen LogP contribution in [0.15, 0.2) is 0 Å². The fourth-order valence-electron chi connectivity index (χ4n) is 2.64. The van der Waals surface area contributed by atoms with Crippen molar-refractivity contribution in [2.45, 2.75) is 33.2 Å². The SMILES string of the molecule is Cc1nn(C)c(C)c1C(=O)N1CCC(C(C)N)C1.Cl. The minimum Gasteiger partial charge on any atom is -0.338 e. The molecule has 1 aliphatic heterocycles. The number of likely N-dealkylation sites (tertiary alicyclic amines) is 1. The van der Waals surface area contributed by atoms with Crippen LogP contribution >= 0.6 is 12.4 Å². The third kappa shape index (κ3) is 2.92. The van der Waals surface area contributed by atoms with Crippen LogP contribution in [0.4, 0.5) is 0 Å². The quantitative estimate of drug-likeness (QED) is 0.890. The molecular formula is C13H23ClN4O. The molecule has 2 heterocycles. The van der Waals surface area contributed by atoms with Crippen molar-refractivity contribution in [1.82, 2.24) is 14.7 Å². The lowest BCUT2D eigenvalue weighted by atomic mass is 10.0. The second-order valence-electron chi connectivity index (χ2n) is 5.33. The summed E-state index contributed by atoms with van der Waals surface area (Å²) in [5.41, 5.74) is 8.40. The number of hydrogen-bond donors (Lipinski definition) is 1. The first kappa shape index (κ1) is 16.0. The predicted molar refractivity (Wildman–Crippen MR) is 77.6 cm³/mol. The Kier molecular flexibility index (Phi) is 4.98. The van der Waals surface area contributed by atoms with Gasteiger partial charge in [-0.1, -0.05) is 0 Å². The molecular weight excluding hydrogens is 264 g/mol. The van der Waals surface area contributed by atoms with Gasteiger partial charge in [-0.15, -0.1) is 12.4 Å². The van der Waals surface area contributed by atoms with Gasteiger partial charge >= 0.3 is 0 Å². The fraction of sp³-hybridized carbons (Fsp3) is 0.692. The molecule has 6 heteroatoms. The van der Waals surface area contributed by atoms with Crippen LogP contribution in [-0.4, -0.2) is 39.7 Å². The molecule has 2 rings (SSSR count). The summed E-state index contributed by atoms with van der Waals surface area (Å²) in [6.07, 6.45) is 1.00. The summed E-state index contributed by atoms with van der Waals surface area (Å²) in [5, 5.41) is 4.30. The van der Waals surface area contributed by atoms with E-state index in [0.717, 1.165) is 36.5 Å². The average molecular weight is 287 g/mol. The Morgan fingerprint density at radius 3 is 2.53 bits per heavy atom. The minimum absolute atomic E-state index is 0. The molecule has 108 valence electrons. The first-order chi connectivity index (χ1) is 8.41. The van der Waals surface area contributed by atoms with Gasteiger partial charge < -0.3 is 10.6 Å². The van der Waals surface area contributed by atoms with E-state index in [1.807, 2.05) is 32.7 Å². The van der Waals surface area contributed by atoms with Gasteiger partial charge in [-0.25, -0.2) is 0 Å². The molecule has 1 saturated heterocycles. The normalized spacial score (nSPS) is 20.3. The average Bonchev–Trinajstić information content (AvgIpc) is 2.85. The molecule has 0 aliphatic carbocycles. The van der Waals surface area contributed by atoms with Crippen molar-refractivity contribution < 1.29 is 4.79 Å². The summed E-state index contributed by atoms with van der Waals surface area (Å²) in [6.45, 7) is 7.41. The number of hydrogen-bond acceptors (Lipinski definition) is 3. The lowest BCUT2D eigenvalue weighted by Crippen LogP contribution is -2.33. The van der Waals surface area contributed by atoms with Crippen LogP contribution in [0.2, 0.25) is 0 Å². The summed E-state index contributed by atoms with van der Waals surface area (Å²) in [4.78, 5) is 14.4. The standard InChI is InChI=1S/C13H22N4O.ClH/c1-8(14)11-5-6-17(7-11)13(18)12-9(2)15-16(4)10(12)3;/h8,11H,5-7,14H2,1-4H3;1H. The highest BCUT2D eigenvalue weighted by Gasteiger charge is 2.31. The molecule has 1 amide bonds. The summed E-state index contributed by atoms with van der Waals surface area (Å²) in [6, 6.07) is 0.152. The van der Waals surface area contributed by atoms with Crippen LogP contribution in [0.5, 0.6) is 0 Å². The largest absolute Gasteiger partial charge is 0.338 e. The molecule has 2 atom stereocenters. The molecule has 2 N–H and O–H groups in total. The van der Waals surface area contributed by atoms with Crippen molar-refractivity contribution in [3.05, 3.63) is 17.0 Å². The highest BCUT2D eigenvalue weighted by Crippen LogP contribution is 2.23. The van der Waals surface area contributed by atoms with E-state index in [1.165, 1.54) is 0 Å². The molecule has 0 radical (unpaired) electrons. The first-order valence-electron chi connectivity index (χ1n) is 6.47. The van der Waals surface area contributed by atoms with Crippen molar-refractivity contribution in [2.24, 2.45) is 18.7 Å². The highest BCUT2D eigenvalue weighted by molar-refractivity contribution is 5.96. The van der Waals surface area contributed by atoms with E-state index in [2.05, 4.69) is 5.10 Å². The van der Waals surface area contributed by atoms with Gasteiger partial charge in [-0.05, 0) is 33.1 Å². The van der Waals surface area contributed by atoms with Crippen LogP contribution in [-0.2, 0) is 7.05 Å². The van der Waals surface area contributed by atoms with Gasteiger partial charge in [0, 0.05) is 31.9 Å². The zero-order valence-electron chi connectivity index (χ0n) is 12.0. The summed E-state index contributed by atoms with van der Waals surface area (Å²) >= 11 is 0. The van der Waals surface area contributed by atoms with E-state index in [4.69, 9.17) is 5.73 Å². The van der Waals surface area contributed by atoms with Crippen LogP contribution in [0.1, 0.15) is 35.1 Å². The molecule has 0 saturated carbocycles. The molecule has 1 aromatic heterocycles. The van der Waals surface area contributed by atoms with Crippen LogP contribution in [0.3, 0.4) is 0 Å². The maximum atomic E-state index is 12.5. The Labute approximate surface area is 120 Å². The Morgan fingerprint density at radius 2 is 2.11 bits per heavy atom. The van der Waals surface area contributed by atoms with Gasteiger partial charge in [0.2, 0.25) is 0 Å². The van der Waals surface area contributed by atoms with Gasteiger partial charge in [0.25, 0.3) is 5.91 Å². The number of nitrogens with zero attached hydrogens (tertiary/aromatic N) is 3. The Bertz CT molecular complexity index is 469. The first-order valence-corrected chi connectivity index (χ1v) is 6.47. The lowest BCUT2D eigenvalue weighted by Gasteiger charge is -2.18. The molecule has 19 heavy (non-hydrogen) atoms. The van der Waals surface area contributed by atoms with Gasteiger partial charge in [-0.3, -0.25) is 9.48 Å². The van der Waals surface area contributed by atoms with Crippen LogP contribution < -0.4 is 5.73 Å². The van der Waals surface area contributed by atoms with E-state index in [9.17, 15) is 4.79 Å². The number of aromatic nitrogens is 2. The van der Waals surface area contributed by atoms with Gasteiger partial charge in [-0.2, -0.15) is 5.10 Å². The number of halogens is 1. The zero-order chi connectivity index (χ0) is 13.4. The summed E-state index contributed by atoms with van der Waals surface area (Å²) < 4.78 is 1.77. The fourth-order valence-corrected chi connectivity index (χ4v) is 2.64. The molecule has 1 aliphatic rings. The Morgan fingerprint density at radius 1 is 1.47 bits per heavy atom. The zero-order valence-corrected chi connectivity index (χ0v) is 12.8. The maximum Gasteiger partial charge on any atom is 0.257 e. The minimum atomic E-state index is 0. The van der Waals surface area contributed by atoms with Crippen molar-refractivity contribution in [1.29, 1.82) is 0 Å². The predicted octanol–water partition coefficient (Wildman–Crippen LogP) is 1.27. The topological polar surface area (TPSA) is 64.2 Å². The lowest BCUT2D eigenvalue weighted by molar-refractivity contribution is 0.0784. The van der Waals surface area contributed by atoms with E-state index in [-0.39, 0.29) is 24.4 Å². The van der Waals surface area contributed by atoms with E-state index in [0.29, 0.717) is 5.92 Å². The second kappa shape index (κ2) is 5.92. The molecule has 5 nitrogen and oxygen atoms in total. The van der Waals surface area contributed by atoms with Crippen LogP contribution in [0.25, 0.3) is 0 Å². The smallest absolute Gasteiger partial charge is 0.257 e. The Balaban J connectivity index is 0.00000180. The number of carbonyl (C=O) groups is 1. The number of amides is 1. The summed E-state index contributed by atoms with van der Waals surface area (Å²) in [7, 11) is 1.87. The third-order valence-corrected chi connectivity index (χ3v) is 3.98. The number of nitrogens with two attached hydrogens (primary N) is 1. The van der Waals surface area contributed by atoms with E-state index in [1.54, 1.807) is 4.68 Å². The molecule has 1 fully saturated rings. The van der Waals surface area contributed by atoms with E-state index < -0.39 is 0 Å². The monoisotopic (exact) mass is 286 g/mol. The number of carbonyl (C=O) groups excluding carboxylic acids is 1. The summed E-state index contributed by atoms with van der Waals surface area (Å²) in [5.74, 6) is 0.521. The molecule has 0 spiro atoms. The van der Waals surface area contributed by atoms with Gasteiger partial charge in [0.1, 0.15) is 0 Å². The molecule has 1 aromatic rings. The number of rotatable bonds is 2. The van der Waals surface area contributed by atoms with Crippen molar-refractivity contribution in [3.63, 3.8) is 0 Å². The Hall–Kier alpha value is -1.07. The van der Waals surface area contributed by atoms with Crippen molar-refractivity contribution in [3.8, 4) is 0 Å². The second-order valence-corrected chi connectivity index (χ2v) is 5.33. The van der Waals surface area contributed by atoms with Gasteiger partial charge in [0.15, 0.2) is 0 Å². The maximum absolute atomic E-state index is 12.5. The van der Waals surface area contributed by atoms with Crippen LogP contribution in [0, 0.1) is 19.8 Å². The van der Waals surface area contributed by atoms with E-state index >= 15 is 0 Å². The third-order valence-electron chi connectivity index (χ3n) is 3.98. The van der Waals surface area contributed by atoms with Crippen molar-refractivity contribution in [2.75, 3.05) is 13.1 Å².